The Morgan fingerprint density at radius 1 is 1.11 bits per heavy atom. The van der Waals surface area contributed by atoms with E-state index in [1.165, 1.54) is 5.57 Å². The molecule has 0 N–H and O–H groups in total. The molecule has 0 aromatic heterocycles. The minimum absolute atomic E-state index is 0.528. The normalized spacial score (nSPS) is 12.2. The first kappa shape index (κ1) is 19.8. The molecule has 0 aliphatic carbocycles. The van der Waals surface area contributed by atoms with E-state index in [1.54, 1.807) is 7.11 Å². The summed E-state index contributed by atoms with van der Waals surface area (Å²) in [7, 11) is 1.61. The van der Waals surface area contributed by atoms with Crippen LogP contribution in [0.4, 0.5) is 0 Å². The summed E-state index contributed by atoms with van der Waals surface area (Å²) in [6.07, 6.45) is 8.06. The highest BCUT2D eigenvalue weighted by molar-refractivity contribution is 5.41. The zero-order valence-corrected chi connectivity index (χ0v) is 13.7. The molecule has 0 aromatic carbocycles. The van der Waals surface area contributed by atoms with Crippen LogP contribution in [0.5, 0.6) is 0 Å². The second-order valence-electron chi connectivity index (χ2n) is 4.30. The van der Waals surface area contributed by atoms with Crippen molar-refractivity contribution in [3.8, 4) is 0 Å². The van der Waals surface area contributed by atoms with Crippen LogP contribution < -0.4 is 0 Å². The van der Waals surface area contributed by atoms with Crippen molar-refractivity contribution >= 4 is 0 Å². The van der Waals surface area contributed by atoms with Crippen molar-refractivity contribution in [1.29, 1.82) is 0 Å². The molecule has 0 radical (unpaired) electrons. The molecular weight excluding hydrogens is 232 g/mol. The summed E-state index contributed by atoms with van der Waals surface area (Å²) in [5.41, 5.74) is 3.46. The Kier molecular flexibility index (Phi) is 12.1. The van der Waals surface area contributed by atoms with E-state index in [0.717, 1.165) is 11.1 Å². The van der Waals surface area contributed by atoms with Crippen molar-refractivity contribution in [3.63, 3.8) is 0 Å². The van der Waals surface area contributed by atoms with Crippen LogP contribution in [0, 0.1) is 5.92 Å². The SMILES string of the molecule is C=C(/C=C\C(=C)/C(C)=C/C(=C\C)C(C)C)OC.CC. The summed E-state index contributed by atoms with van der Waals surface area (Å²) in [5.74, 6) is 1.16. The van der Waals surface area contributed by atoms with Crippen molar-refractivity contribution in [2.75, 3.05) is 7.11 Å². The molecule has 0 unspecified atom stereocenters. The molecule has 0 aliphatic rings. The van der Waals surface area contributed by atoms with Gasteiger partial charge in [-0.25, -0.2) is 0 Å². The molecule has 19 heavy (non-hydrogen) atoms. The number of allylic oxidation sites excluding steroid dienone is 7. The van der Waals surface area contributed by atoms with Crippen LogP contribution in [0.2, 0.25) is 0 Å². The van der Waals surface area contributed by atoms with Crippen LogP contribution in [0.15, 0.2) is 59.9 Å². The Morgan fingerprint density at radius 3 is 2.00 bits per heavy atom. The lowest BCUT2D eigenvalue weighted by Gasteiger charge is -2.08. The van der Waals surface area contributed by atoms with E-state index in [-0.39, 0.29) is 0 Å². The molecule has 0 saturated carbocycles. The Labute approximate surface area is 120 Å². The maximum atomic E-state index is 4.97. The number of ether oxygens (including phenoxy) is 1. The topological polar surface area (TPSA) is 9.23 Å². The summed E-state index contributed by atoms with van der Waals surface area (Å²) >= 11 is 0. The van der Waals surface area contributed by atoms with Gasteiger partial charge in [-0.1, -0.05) is 59.1 Å². The van der Waals surface area contributed by atoms with E-state index in [9.17, 15) is 0 Å². The number of rotatable bonds is 6. The maximum absolute atomic E-state index is 4.97. The first-order chi connectivity index (χ1) is 8.92. The van der Waals surface area contributed by atoms with Gasteiger partial charge in [-0.15, -0.1) is 0 Å². The lowest BCUT2D eigenvalue weighted by atomic mass is 9.98. The smallest absolute Gasteiger partial charge is 0.111 e. The first-order valence-corrected chi connectivity index (χ1v) is 6.87. The molecule has 0 bridgehead atoms. The standard InChI is InChI=1S/C16H24O.C2H6/c1-8-16(12(2)3)11-14(5)13(4)9-10-15(6)17-7;1-2/h8-12H,4,6H2,1-3,5,7H3;1-2H3/b10-9-,14-11+,16-8+;. The molecule has 0 aromatic rings. The van der Waals surface area contributed by atoms with E-state index in [0.29, 0.717) is 11.7 Å². The quantitative estimate of drug-likeness (QED) is 0.432. The molecule has 108 valence electrons. The van der Waals surface area contributed by atoms with Gasteiger partial charge in [0.25, 0.3) is 0 Å². The zero-order chi connectivity index (χ0) is 15.4. The van der Waals surface area contributed by atoms with Crippen LogP contribution in [-0.2, 0) is 4.74 Å². The summed E-state index contributed by atoms with van der Waals surface area (Å²) in [6.45, 7) is 20.3. The highest BCUT2D eigenvalue weighted by Gasteiger charge is 2.00. The van der Waals surface area contributed by atoms with Crippen LogP contribution in [-0.4, -0.2) is 7.11 Å². The lowest BCUT2D eigenvalue weighted by Crippen LogP contribution is -1.92. The fourth-order valence-electron chi connectivity index (χ4n) is 1.32. The fourth-order valence-corrected chi connectivity index (χ4v) is 1.32. The van der Waals surface area contributed by atoms with Gasteiger partial charge < -0.3 is 4.74 Å². The van der Waals surface area contributed by atoms with Gasteiger partial charge in [-0.05, 0) is 42.6 Å². The highest BCUT2D eigenvalue weighted by atomic mass is 16.5. The van der Waals surface area contributed by atoms with Crippen LogP contribution in [0.3, 0.4) is 0 Å². The third-order valence-corrected chi connectivity index (χ3v) is 2.62. The molecule has 1 nitrogen and oxygen atoms in total. The molecule has 0 amide bonds. The molecule has 0 fully saturated rings. The molecule has 0 spiro atoms. The van der Waals surface area contributed by atoms with Gasteiger partial charge in [-0.2, -0.15) is 0 Å². The predicted octanol–water partition coefficient (Wildman–Crippen LogP) is 5.83. The second kappa shape index (κ2) is 11.6. The Bertz CT molecular complexity index is 365. The largest absolute Gasteiger partial charge is 0.497 e. The van der Waals surface area contributed by atoms with Gasteiger partial charge in [0.15, 0.2) is 0 Å². The van der Waals surface area contributed by atoms with Gasteiger partial charge in [0.1, 0.15) is 5.76 Å². The predicted molar refractivity (Wildman–Crippen MR) is 88.1 cm³/mol. The van der Waals surface area contributed by atoms with Crippen LogP contribution in [0.1, 0.15) is 41.5 Å². The fraction of sp³-hybridized carbons (Fsp3) is 0.444. The van der Waals surface area contributed by atoms with Gasteiger partial charge in [0, 0.05) is 0 Å². The van der Waals surface area contributed by atoms with Crippen molar-refractivity contribution in [2.45, 2.75) is 41.5 Å². The molecular formula is C18H30O. The van der Waals surface area contributed by atoms with E-state index in [4.69, 9.17) is 4.74 Å². The maximum Gasteiger partial charge on any atom is 0.111 e. The Balaban J connectivity index is 0. The molecule has 0 heterocycles. The van der Waals surface area contributed by atoms with Crippen molar-refractivity contribution in [1.82, 2.24) is 0 Å². The summed E-state index contributed by atoms with van der Waals surface area (Å²) in [4.78, 5) is 0. The second-order valence-corrected chi connectivity index (χ2v) is 4.30. The highest BCUT2D eigenvalue weighted by Crippen LogP contribution is 2.17. The minimum Gasteiger partial charge on any atom is -0.497 e. The summed E-state index contributed by atoms with van der Waals surface area (Å²) < 4.78 is 4.97. The van der Waals surface area contributed by atoms with E-state index in [2.05, 4.69) is 53.0 Å². The van der Waals surface area contributed by atoms with Gasteiger partial charge in [0.05, 0.1) is 7.11 Å². The Morgan fingerprint density at radius 2 is 1.63 bits per heavy atom. The average Bonchev–Trinajstić information content (AvgIpc) is 2.42. The number of hydrogen-bond acceptors (Lipinski definition) is 1. The van der Waals surface area contributed by atoms with Crippen molar-refractivity contribution < 1.29 is 4.74 Å². The first-order valence-electron chi connectivity index (χ1n) is 6.87. The molecule has 0 rings (SSSR count). The molecule has 0 atom stereocenters. The molecule has 0 aliphatic heterocycles. The molecule has 1 heteroatoms. The van der Waals surface area contributed by atoms with Crippen LogP contribution >= 0.6 is 0 Å². The minimum atomic E-state index is 0.528. The number of hydrogen-bond donors (Lipinski definition) is 0. The zero-order valence-electron chi connectivity index (χ0n) is 13.7. The van der Waals surface area contributed by atoms with E-state index in [1.807, 2.05) is 26.0 Å². The van der Waals surface area contributed by atoms with Gasteiger partial charge in [-0.3, -0.25) is 0 Å². The third-order valence-electron chi connectivity index (χ3n) is 2.62. The molecule has 0 saturated heterocycles. The van der Waals surface area contributed by atoms with Gasteiger partial charge >= 0.3 is 0 Å². The van der Waals surface area contributed by atoms with E-state index >= 15 is 0 Å². The van der Waals surface area contributed by atoms with Crippen molar-refractivity contribution in [3.05, 3.63) is 59.9 Å². The lowest BCUT2D eigenvalue weighted by molar-refractivity contribution is 0.309. The number of methoxy groups -OCH3 is 1. The summed E-state index contributed by atoms with van der Waals surface area (Å²) in [6, 6.07) is 0. The van der Waals surface area contributed by atoms with Crippen LogP contribution in [0.25, 0.3) is 0 Å². The monoisotopic (exact) mass is 262 g/mol. The van der Waals surface area contributed by atoms with Gasteiger partial charge in [0.2, 0.25) is 0 Å². The Hall–Kier alpha value is -1.50. The average molecular weight is 262 g/mol. The van der Waals surface area contributed by atoms with E-state index < -0.39 is 0 Å². The summed E-state index contributed by atoms with van der Waals surface area (Å²) in [5, 5.41) is 0. The third kappa shape index (κ3) is 9.12. The van der Waals surface area contributed by atoms with Crippen molar-refractivity contribution in [2.24, 2.45) is 5.92 Å².